The van der Waals surface area contributed by atoms with E-state index in [-0.39, 0.29) is 18.1 Å². The highest BCUT2D eigenvalue weighted by Gasteiger charge is 2.22. The Morgan fingerprint density at radius 2 is 1.96 bits per heavy atom. The molecule has 1 fully saturated rings. The third-order valence-electron chi connectivity index (χ3n) is 4.01. The molecule has 1 aromatic rings. The van der Waals surface area contributed by atoms with Crippen LogP contribution in [-0.4, -0.2) is 49.7 Å². The minimum absolute atomic E-state index is 0.0800. The van der Waals surface area contributed by atoms with Crippen molar-refractivity contribution >= 4 is 11.6 Å². The van der Waals surface area contributed by atoms with Gasteiger partial charge >= 0.3 is 0 Å². The Morgan fingerprint density at radius 3 is 2.65 bits per heavy atom. The highest BCUT2D eigenvalue weighted by molar-refractivity contribution is 5.91. The number of para-hydroxylation sites is 1. The summed E-state index contributed by atoms with van der Waals surface area (Å²) < 4.78 is 5.79. The second kappa shape index (κ2) is 9.01. The number of amides is 1. The minimum atomic E-state index is 0.0800. The largest absolute Gasteiger partial charge is 0.373 e. The molecule has 1 heterocycles. The lowest BCUT2D eigenvalue weighted by Crippen LogP contribution is -2.44. The Morgan fingerprint density at radius 1 is 1.26 bits per heavy atom. The van der Waals surface area contributed by atoms with Crippen LogP contribution < -0.4 is 10.6 Å². The summed E-state index contributed by atoms with van der Waals surface area (Å²) in [6, 6.07) is 8.07. The van der Waals surface area contributed by atoms with E-state index in [1.807, 2.05) is 25.2 Å². The van der Waals surface area contributed by atoms with E-state index in [1.165, 1.54) is 0 Å². The fourth-order valence-corrected chi connectivity index (χ4v) is 3.07. The highest BCUT2D eigenvalue weighted by Crippen LogP contribution is 2.20. The first-order valence-electron chi connectivity index (χ1n) is 8.48. The number of nitrogens with one attached hydrogen (secondary N) is 2. The molecule has 128 valence electrons. The van der Waals surface area contributed by atoms with Crippen LogP contribution in [0.3, 0.4) is 0 Å². The van der Waals surface area contributed by atoms with Crippen molar-refractivity contribution < 1.29 is 9.53 Å². The van der Waals surface area contributed by atoms with Gasteiger partial charge in [0.25, 0.3) is 0 Å². The van der Waals surface area contributed by atoms with Gasteiger partial charge in [0.2, 0.25) is 5.91 Å². The van der Waals surface area contributed by atoms with Crippen LogP contribution in [0.1, 0.15) is 32.3 Å². The Hall–Kier alpha value is -1.43. The van der Waals surface area contributed by atoms with Gasteiger partial charge in [-0.3, -0.25) is 9.69 Å². The topological polar surface area (TPSA) is 53.6 Å². The number of hydrogen-bond donors (Lipinski definition) is 2. The molecule has 1 saturated heterocycles. The first kappa shape index (κ1) is 17.9. The van der Waals surface area contributed by atoms with Crippen LogP contribution in [0.2, 0.25) is 0 Å². The van der Waals surface area contributed by atoms with Gasteiger partial charge in [-0.05, 0) is 45.5 Å². The number of anilines is 1. The SMILES string of the molecule is CNCCCC(=O)Nc1ccccc1CN1CC(C)OC(C)C1. The maximum Gasteiger partial charge on any atom is 0.224 e. The fraction of sp³-hybridized carbons (Fsp3) is 0.611. The van der Waals surface area contributed by atoms with Crippen molar-refractivity contribution in [1.82, 2.24) is 10.2 Å². The van der Waals surface area contributed by atoms with E-state index >= 15 is 0 Å². The number of rotatable bonds is 7. The Kier molecular flexibility index (Phi) is 7.02. The predicted octanol–water partition coefficient (Wildman–Crippen LogP) is 2.23. The van der Waals surface area contributed by atoms with Crippen molar-refractivity contribution in [3.8, 4) is 0 Å². The van der Waals surface area contributed by atoms with Crippen molar-refractivity contribution in [3.05, 3.63) is 29.8 Å². The molecule has 23 heavy (non-hydrogen) atoms. The molecule has 2 atom stereocenters. The van der Waals surface area contributed by atoms with Gasteiger partial charge in [-0.1, -0.05) is 18.2 Å². The van der Waals surface area contributed by atoms with Crippen LogP contribution in [0.15, 0.2) is 24.3 Å². The lowest BCUT2D eigenvalue weighted by molar-refractivity contribution is -0.116. The number of carbonyl (C=O) groups excluding carboxylic acids is 1. The van der Waals surface area contributed by atoms with E-state index in [2.05, 4.69) is 35.4 Å². The number of benzene rings is 1. The summed E-state index contributed by atoms with van der Waals surface area (Å²) in [5.41, 5.74) is 2.09. The van der Waals surface area contributed by atoms with Crippen molar-refractivity contribution in [2.45, 2.75) is 45.4 Å². The van der Waals surface area contributed by atoms with Crippen LogP contribution in [0.25, 0.3) is 0 Å². The molecule has 5 heteroatoms. The Bertz CT molecular complexity index is 497. The van der Waals surface area contributed by atoms with Crippen molar-refractivity contribution in [1.29, 1.82) is 0 Å². The molecule has 2 rings (SSSR count). The number of nitrogens with zero attached hydrogens (tertiary/aromatic N) is 1. The summed E-state index contributed by atoms with van der Waals surface area (Å²) in [6.07, 6.45) is 1.90. The second-order valence-corrected chi connectivity index (χ2v) is 6.36. The third-order valence-corrected chi connectivity index (χ3v) is 4.01. The molecule has 2 unspecified atom stereocenters. The number of hydrogen-bond acceptors (Lipinski definition) is 4. The molecule has 0 saturated carbocycles. The van der Waals surface area contributed by atoms with Gasteiger partial charge in [0.15, 0.2) is 0 Å². The number of morpholine rings is 1. The first-order valence-corrected chi connectivity index (χ1v) is 8.48. The van der Waals surface area contributed by atoms with Gasteiger partial charge in [0, 0.05) is 31.7 Å². The molecule has 0 radical (unpaired) electrons. The molecule has 0 bridgehead atoms. The molecule has 1 aliphatic rings. The van der Waals surface area contributed by atoms with E-state index < -0.39 is 0 Å². The quantitative estimate of drug-likeness (QED) is 0.757. The zero-order valence-electron chi connectivity index (χ0n) is 14.5. The van der Waals surface area contributed by atoms with Crippen LogP contribution in [-0.2, 0) is 16.1 Å². The Labute approximate surface area is 139 Å². The highest BCUT2D eigenvalue weighted by atomic mass is 16.5. The van der Waals surface area contributed by atoms with Gasteiger partial charge in [0.05, 0.1) is 12.2 Å². The molecular weight excluding hydrogens is 290 g/mol. The van der Waals surface area contributed by atoms with Crippen molar-refractivity contribution in [3.63, 3.8) is 0 Å². The molecule has 1 amide bonds. The molecule has 1 aromatic carbocycles. The molecule has 5 nitrogen and oxygen atoms in total. The number of ether oxygens (including phenoxy) is 1. The smallest absolute Gasteiger partial charge is 0.224 e. The lowest BCUT2D eigenvalue weighted by Gasteiger charge is -2.35. The summed E-state index contributed by atoms with van der Waals surface area (Å²) in [6.45, 7) is 7.77. The van der Waals surface area contributed by atoms with E-state index in [0.29, 0.717) is 6.42 Å². The van der Waals surface area contributed by atoms with Crippen LogP contribution in [0.4, 0.5) is 5.69 Å². The van der Waals surface area contributed by atoms with Gasteiger partial charge < -0.3 is 15.4 Å². The maximum atomic E-state index is 12.1. The molecule has 0 aromatic heterocycles. The Balaban J connectivity index is 1.95. The molecular formula is C18H29N3O2. The molecule has 2 N–H and O–H groups in total. The third kappa shape index (κ3) is 5.94. The second-order valence-electron chi connectivity index (χ2n) is 6.36. The van der Waals surface area contributed by atoms with Crippen molar-refractivity contribution in [2.24, 2.45) is 0 Å². The average molecular weight is 319 g/mol. The number of carbonyl (C=O) groups is 1. The van der Waals surface area contributed by atoms with Gasteiger partial charge in [-0.2, -0.15) is 0 Å². The zero-order valence-corrected chi connectivity index (χ0v) is 14.5. The molecule has 0 spiro atoms. The summed E-state index contributed by atoms with van der Waals surface area (Å²) in [5, 5.41) is 6.12. The van der Waals surface area contributed by atoms with Crippen molar-refractivity contribution in [2.75, 3.05) is 32.0 Å². The summed E-state index contributed by atoms with van der Waals surface area (Å²) in [7, 11) is 1.90. The summed E-state index contributed by atoms with van der Waals surface area (Å²) in [4.78, 5) is 14.5. The standard InChI is InChI=1S/C18H29N3O2/c1-14-11-21(12-15(2)23-14)13-16-7-4-5-8-17(16)20-18(22)9-6-10-19-3/h4-5,7-8,14-15,19H,6,9-13H2,1-3H3,(H,20,22). The fourth-order valence-electron chi connectivity index (χ4n) is 3.07. The average Bonchev–Trinajstić information content (AvgIpc) is 2.48. The van der Waals surface area contributed by atoms with E-state index in [9.17, 15) is 4.79 Å². The van der Waals surface area contributed by atoms with Crippen LogP contribution >= 0.6 is 0 Å². The lowest BCUT2D eigenvalue weighted by atomic mass is 10.1. The van der Waals surface area contributed by atoms with Crippen LogP contribution in [0, 0.1) is 0 Å². The minimum Gasteiger partial charge on any atom is -0.373 e. The summed E-state index contributed by atoms with van der Waals surface area (Å²) >= 11 is 0. The van der Waals surface area contributed by atoms with E-state index in [4.69, 9.17) is 4.74 Å². The monoisotopic (exact) mass is 319 g/mol. The maximum absolute atomic E-state index is 12.1. The molecule has 1 aliphatic heterocycles. The normalized spacial score (nSPS) is 22.0. The first-order chi connectivity index (χ1) is 11.1. The van der Waals surface area contributed by atoms with E-state index in [1.54, 1.807) is 0 Å². The van der Waals surface area contributed by atoms with Gasteiger partial charge in [-0.15, -0.1) is 0 Å². The van der Waals surface area contributed by atoms with Crippen LogP contribution in [0.5, 0.6) is 0 Å². The summed E-state index contributed by atoms with van der Waals surface area (Å²) in [5.74, 6) is 0.0800. The van der Waals surface area contributed by atoms with Gasteiger partial charge in [0.1, 0.15) is 0 Å². The van der Waals surface area contributed by atoms with E-state index in [0.717, 1.165) is 43.9 Å². The van der Waals surface area contributed by atoms with Gasteiger partial charge in [-0.25, -0.2) is 0 Å². The molecule has 0 aliphatic carbocycles. The predicted molar refractivity (Wildman–Crippen MR) is 93.5 cm³/mol. The zero-order chi connectivity index (χ0) is 16.7.